The van der Waals surface area contributed by atoms with Crippen LogP contribution in [0.1, 0.15) is 31.2 Å². The second-order valence-electron chi connectivity index (χ2n) is 8.08. The fourth-order valence-corrected chi connectivity index (χ4v) is 4.24. The summed E-state index contributed by atoms with van der Waals surface area (Å²) in [4.78, 5) is 19.4. The molecule has 4 rings (SSSR count). The van der Waals surface area contributed by atoms with E-state index in [1.165, 1.54) is 11.1 Å². The topological polar surface area (TPSA) is 50.2 Å². The highest BCUT2D eigenvalue weighted by atomic mass is 16.2. The molecule has 1 fully saturated rings. The Labute approximate surface area is 172 Å². The molecule has 29 heavy (non-hydrogen) atoms. The van der Waals surface area contributed by atoms with E-state index in [1.54, 1.807) is 0 Å². The van der Waals surface area contributed by atoms with Gasteiger partial charge in [-0.05, 0) is 75.0 Å². The number of benzene rings is 2. The van der Waals surface area contributed by atoms with Crippen molar-refractivity contribution in [3.8, 4) is 0 Å². The molecule has 1 aromatic heterocycles. The molecule has 2 heterocycles. The quantitative estimate of drug-likeness (QED) is 0.684. The van der Waals surface area contributed by atoms with Crippen LogP contribution in [0, 0.1) is 12.8 Å². The molecule has 1 amide bonds. The highest BCUT2D eigenvalue weighted by Gasteiger charge is 2.22. The fourth-order valence-electron chi connectivity index (χ4n) is 4.24. The summed E-state index contributed by atoms with van der Waals surface area (Å²) in [6.45, 7) is 7.64. The number of likely N-dealkylation sites (tertiary alicyclic amines) is 1. The van der Waals surface area contributed by atoms with Gasteiger partial charge in [0.1, 0.15) is 5.82 Å². The van der Waals surface area contributed by atoms with Crippen molar-refractivity contribution in [3.63, 3.8) is 0 Å². The number of aryl methyl sites for hydroxylation is 2. The summed E-state index contributed by atoms with van der Waals surface area (Å²) in [5, 5.41) is 3.02. The largest absolute Gasteiger partial charge is 0.328 e. The number of hydrogen-bond acceptors (Lipinski definition) is 3. The van der Waals surface area contributed by atoms with Crippen molar-refractivity contribution in [2.45, 2.75) is 39.7 Å². The summed E-state index contributed by atoms with van der Waals surface area (Å²) in [5.74, 6) is 1.79. The number of carbonyl (C=O) groups is 1. The van der Waals surface area contributed by atoms with Gasteiger partial charge in [-0.2, -0.15) is 0 Å². The summed E-state index contributed by atoms with van der Waals surface area (Å²) in [5.41, 5.74) is 4.46. The van der Waals surface area contributed by atoms with Gasteiger partial charge in [0, 0.05) is 12.2 Å². The van der Waals surface area contributed by atoms with Crippen LogP contribution in [-0.2, 0) is 17.8 Å². The van der Waals surface area contributed by atoms with Crippen molar-refractivity contribution in [3.05, 3.63) is 59.9 Å². The van der Waals surface area contributed by atoms with Gasteiger partial charge >= 0.3 is 0 Å². The summed E-state index contributed by atoms with van der Waals surface area (Å²) in [6, 6.07) is 16.5. The van der Waals surface area contributed by atoms with Crippen molar-refractivity contribution in [2.24, 2.45) is 5.92 Å². The number of fused-ring (bicyclic) bond motifs is 1. The SMILES string of the molecule is CCc1ccc(NC(=O)CN2CCC(Cn3c(C)nc4ccccc43)CC2)cc1. The molecule has 1 saturated heterocycles. The maximum atomic E-state index is 12.4. The zero-order valence-corrected chi connectivity index (χ0v) is 17.4. The van der Waals surface area contributed by atoms with Gasteiger partial charge in [-0.3, -0.25) is 9.69 Å². The molecular weight excluding hydrogens is 360 g/mol. The Morgan fingerprint density at radius 3 is 2.55 bits per heavy atom. The van der Waals surface area contributed by atoms with Crippen molar-refractivity contribution >= 4 is 22.6 Å². The molecule has 5 heteroatoms. The summed E-state index contributed by atoms with van der Waals surface area (Å²) in [7, 11) is 0. The van der Waals surface area contributed by atoms with E-state index in [1.807, 2.05) is 18.2 Å². The normalized spacial score (nSPS) is 15.7. The number of rotatable bonds is 6. The molecule has 0 unspecified atom stereocenters. The number of aromatic nitrogens is 2. The minimum Gasteiger partial charge on any atom is -0.328 e. The minimum atomic E-state index is 0.0733. The predicted molar refractivity (Wildman–Crippen MR) is 118 cm³/mol. The van der Waals surface area contributed by atoms with Crippen molar-refractivity contribution in [2.75, 3.05) is 25.0 Å². The van der Waals surface area contributed by atoms with Gasteiger partial charge in [0.2, 0.25) is 5.91 Å². The van der Waals surface area contributed by atoms with E-state index >= 15 is 0 Å². The molecule has 0 aliphatic carbocycles. The Hall–Kier alpha value is -2.66. The molecule has 0 radical (unpaired) electrons. The smallest absolute Gasteiger partial charge is 0.238 e. The minimum absolute atomic E-state index is 0.0733. The number of anilines is 1. The van der Waals surface area contributed by atoms with E-state index in [9.17, 15) is 4.79 Å². The zero-order chi connectivity index (χ0) is 20.2. The molecule has 1 aliphatic rings. The van der Waals surface area contributed by atoms with Crippen LogP contribution in [0.2, 0.25) is 0 Å². The number of para-hydroxylation sites is 2. The number of hydrogen-bond donors (Lipinski definition) is 1. The maximum absolute atomic E-state index is 12.4. The zero-order valence-electron chi connectivity index (χ0n) is 17.4. The first-order valence-electron chi connectivity index (χ1n) is 10.7. The van der Waals surface area contributed by atoms with Crippen LogP contribution in [-0.4, -0.2) is 40.0 Å². The molecule has 2 aromatic carbocycles. The van der Waals surface area contributed by atoms with Crippen LogP contribution in [0.25, 0.3) is 11.0 Å². The van der Waals surface area contributed by atoms with E-state index in [4.69, 9.17) is 0 Å². The van der Waals surface area contributed by atoms with Crippen molar-refractivity contribution < 1.29 is 4.79 Å². The second kappa shape index (κ2) is 8.78. The summed E-state index contributed by atoms with van der Waals surface area (Å²) in [6.07, 6.45) is 3.24. The lowest BCUT2D eigenvalue weighted by molar-refractivity contribution is -0.117. The molecule has 5 nitrogen and oxygen atoms in total. The van der Waals surface area contributed by atoms with Crippen LogP contribution in [0.15, 0.2) is 48.5 Å². The highest BCUT2D eigenvalue weighted by molar-refractivity contribution is 5.92. The predicted octanol–water partition coefficient (Wildman–Crippen LogP) is 4.26. The first-order valence-corrected chi connectivity index (χ1v) is 10.7. The third-order valence-electron chi connectivity index (χ3n) is 6.01. The van der Waals surface area contributed by atoms with E-state index in [0.717, 1.165) is 55.9 Å². The Morgan fingerprint density at radius 1 is 1.10 bits per heavy atom. The first-order chi connectivity index (χ1) is 14.1. The van der Waals surface area contributed by atoms with E-state index in [0.29, 0.717) is 12.5 Å². The number of nitrogens with zero attached hydrogens (tertiary/aromatic N) is 3. The van der Waals surface area contributed by atoms with Gasteiger partial charge in [-0.25, -0.2) is 4.98 Å². The average molecular weight is 391 g/mol. The van der Waals surface area contributed by atoms with Crippen LogP contribution >= 0.6 is 0 Å². The lowest BCUT2D eigenvalue weighted by Crippen LogP contribution is -2.40. The third-order valence-corrected chi connectivity index (χ3v) is 6.01. The standard InChI is InChI=1S/C24H30N4O/c1-3-19-8-10-21(11-9-19)26-24(29)17-27-14-12-20(13-15-27)16-28-18(2)25-22-6-4-5-7-23(22)28/h4-11,20H,3,12-17H2,1-2H3,(H,26,29). The molecule has 0 bridgehead atoms. The number of nitrogens with one attached hydrogen (secondary N) is 1. The number of piperidine rings is 1. The molecule has 152 valence electrons. The number of amides is 1. The third kappa shape index (κ3) is 4.67. The molecule has 1 N–H and O–H groups in total. The first kappa shape index (κ1) is 19.6. The van der Waals surface area contributed by atoms with Crippen LogP contribution < -0.4 is 5.32 Å². The molecule has 0 saturated carbocycles. The summed E-state index contributed by atoms with van der Waals surface area (Å²) < 4.78 is 2.35. The lowest BCUT2D eigenvalue weighted by atomic mass is 9.96. The Bertz CT molecular complexity index is 968. The Kier molecular flexibility index (Phi) is 5.95. The fraction of sp³-hybridized carbons (Fsp3) is 0.417. The molecule has 1 aliphatic heterocycles. The number of imidazole rings is 1. The van der Waals surface area contributed by atoms with E-state index in [-0.39, 0.29) is 5.91 Å². The van der Waals surface area contributed by atoms with Gasteiger partial charge in [-0.1, -0.05) is 31.2 Å². The van der Waals surface area contributed by atoms with Crippen molar-refractivity contribution in [1.29, 1.82) is 0 Å². The van der Waals surface area contributed by atoms with Gasteiger partial charge < -0.3 is 9.88 Å². The molecular formula is C24H30N4O. The molecule has 0 spiro atoms. The summed E-state index contributed by atoms with van der Waals surface area (Å²) >= 11 is 0. The van der Waals surface area contributed by atoms with Crippen molar-refractivity contribution in [1.82, 2.24) is 14.5 Å². The van der Waals surface area contributed by atoms with Gasteiger partial charge in [0.05, 0.1) is 17.6 Å². The van der Waals surface area contributed by atoms with Crippen LogP contribution in [0.3, 0.4) is 0 Å². The molecule has 3 aromatic rings. The highest BCUT2D eigenvalue weighted by Crippen LogP contribution is 2.23. The lowest BCUT2D eigenvalue weighted by Gasteiger charge is -2.31. The van der Waals surface area contributed by atoms with E-state index < -0.39 is 0 Å². The Balaban J connectivity index is 1.27. The van der Waals surface area contributed by atoms with Gasteiger partial charge in [-0.15, -0.1) is 0 Å². The maximum Gasteiger partial charge on any atom is 0.238 e. The van der Waals surface area contributed by atoms with Crippen LogP contribution in [0.5, 0.6) is 0 Å². The van der Waals surface area contributed by atoms with Crippen LogP contribution in [0.4, 0.5) is 5.69 Å². The molecule has 0 atom stereocenters. The monoisotopic (exact) mass is 390 g/mol. The Morgan fingerprint density at radius 2 is 1.83 bits per heavy atom. The average Bonchev–Trinajstić information content (AvgIpc) is 3.05. The second-order valence-corrected chi connectivity index (χ2v) is 8.08. The van der Waals surface area contributed by atoms with Gasteiger partial charge in [0.25, 0.3) is 0 Å². The van der Waals surface area contributed by atoms with Gasteiger partial charge in [0.15, 0.2) is 0 Å². The van der Waals surface area contributed by atoms with E-state index in [2.05, 4.69) is 63.9 Å². The number of carbonyl (C=O) groups excluding carboxylic acids is 1.